The molecule has 0 N–H and O–H groups in total. The second-order valence-electron chi connectivity index (χ2n) is 9.78. The van der Waals surface area contributed by atoms with E-state index in [4.69, 9.17) is 14.2 Å². The minimum absolute atomic E-state index is 0.119. The highest BCUT2D eigenvalue weighted by Gasteiger charge is 2.48. The van der Waals surface area contributed by atoms with E-state index in [1.54, 1.807) is 11.1 Å². The Morgan fingerprint density at radius 1 is 1.12 bits per heavy atom. The van der Waals surface area contributed by atoms with Crippen LogP contribution in [0.25, 0.3) is 0 Å². The molecule has 24 heavy (non-hydrogen) atoms. The summed E-state index contributed by atoms with van der Waals surface area (Å²) in [6.45, 7) is 12.5. The highest BCUT2D eigenvalue weighted by atomic mass is 16.7. The molecule has 0 aromatic rings. The van der Waals surface area contributed by atoms with Crippen LogP contribution in [0.5, 0.6) is 0 Å². The van der Waals surface area contributed by atoms with Gasteiger partial charge in [0.25, 0.3) is 0 Å². The minimum Gasteiger partial charge on any atom is -0.365 e. The standard InChI is InChI=1S/C21H32O3/c1-19(2,3)18-15-9-10-21(12-22-20(4,5)23-13-21)11-16(15)14-7-6-8-17(14)24-18/h9,17-18H,6-8,10-13H2,1-5H3/t17-,18+/m1/s1. The normalized spacial score (nSPS) is 34.8. The van der Waals surface area contributed by atoms with Crippen LogP contribution in [-0.4, -0.2) is 31.2 Å². The van der Waals surface area contributed by atoms with Crippen molar-refractivity contribution in [3.63, 3.8) is 0 Å². The summed E-state index contributed by atoms with van der Waals surface area (Å²) in [7, 11) is 0. The third kappa shape index (κ3) is 2.79. The lowest BCUT2D eigenvalue weighted by molar-refractivity contribution is -0.285. The van der Waals surface area contributed by atoms with Gasteiger partial charge in [0.05, 0.1) is 25.4 Å². The van der Waals surface area contributed by atoms with Crippen molar-refractivity contribution in [2.24, 2.45) is 10.8 Å². The summed E-state index contributed by atoms with van der Waals surface area (Å²) in [5.41, 5.74) is 4.88. The van der Waals surface area contributed by atoms with Gasteiger partial charge < -0.3 is 14.2 Å². The zero-order chi connectivity index (χ0) is 17.2. The molecule has 0 radical (unpaired) electrons. The van der Waals surface area contributed by atoms with Crippen molar-refractivity contribution < 1.29 is 14.2 Å². The maximum atomic E-state index is 6.56. The molecule has 4 aliphatic rings. The lowest BCUT2D eigenvalue weighted by Gasteiger charge is -2.49. The number of hydrogen-bond donors (Lipinski definition) is 0. The van der Waals surface area contributed by atoms with Crippen LogP contribution >= 0.6 is 0 Å². The molecule has 0 unspecified atom stereocenters. The largest absolute Gasteiger partial charge is 0.365 e. The van der Waals surface area contributed by atoms with Crippen LogP contribution in [0.2, 0.25) is 0 Å². The van der Waals surface area contributed by atoms with Gasteiger partial charge in [0.1, 0.15) is 0 Å². The van der Waals surface area contributed by atoms with E-state index in [2.05, 4.69) is 26.8 Å². The number of rotatable bonds is 0. The van der Waals surface area contributed by atoms with E-state index in [1.807, 2.05) is 13.8 Å². The zero-order valence-electron chi connectivity index (χ0n) is 15.9. The summed E-state index contributed by atoms with van der Waals surface area (Å²) in [6.07, 6.45) is 8.80. The van der Waals surface area contributed by atoms with E-state index in [0.29, 0.717) is 6.10 Å². The van der Waals surface area contributed by atoms with E-state index in [9.17, 15) is 0 Å². The van der Waals surface area contributed by atoms with Crippen LogP contribution in [0.1, 0.15) is 66.7 Å². The highest BCUT2D eigenvalue weighted by Crippen LogP contribution is 2.52. The molecule has 2 heterocycles. The molecule has 0 bridgehead atoms. The van der Waals surface area contributed by atoms with Crippen LogP contribution in [-0.2, 0) is 14.2 Å². The first-order valence-corrected chi connectivity index (χ1v) is 9.55. The molecule has 1 spiro atoms. The first-order chi connectivity index (χ1) is 11.2. The number of ether oxygens (including phenoxy) is 3. The Bertz CT molecular complexity index is 581. The van der Waals surface area contributed by atoms with Crippen LogP contribution < -0.4 is 0 Å². The topological polar surface area (TPSA) is 27.7 Å². The van der Waals surface area contributed by atoms with Gasteiger partial charge in [-0.3, -0.25) is 0 Å². The van der Waals surface area contributed by atoms with Crippen LogP contribution in [0.3, 0.4) is 0 Å². The van der Waals surface area contributed by atoms with Gasteiger partial charge in [-0.2, -0.15) is 0 Å². The van der Waals surface area contributed by atoms with Crippen molar-refractivity contribution in [3.05, 3.63) is 22.8 Å². The molecule has 2 atom stereocenters. The lowest BCUT2D eigenvalue weighted by Crippen LogP contribution is -2.49. The van der Waals surface area contributed by atoms with Crippen molar-refractivity contribution in [2.75, 3.05) is 13.2 Å². The predicted molar refractivity (Wildman–Crippen MR) is 94.7 cm³/mol. The molecule has 134 valence electrons. The molecule has 1 saturated heterocycles. The molecule has 2 aliphatic carbocycles. The molecule has 0 aromatic carbocycles. The van der Waals surface area contributed by atoms with Gasteiger partial charge >= 0.3 is 0 Å². The Kier molecular flexibility index (Phi) is 3.80. The van der Waals surface area contributed by atoms with E-state index >= 15 is 0 Å². The van der Waals surface area contributed by atoms with Crippen molar-refractivity contribution >= 4 is 0 Å². The van der Waals surface area contributed by atoms with Crippen molar-refractivity contribution in [2.45, 2.75) is 84.7 Å². The van der Waals surface area contributed by atoms with E-state index in [0.717, 1.165) is 26.1 Å². The molecule has 3 nitrogen and oxygen atoms in total. The zero-order valence-corrected chi connectivity index (χ0v) is 15.9. The second-order valence-corrected chi connectivity index (χ2v) is 9.78. The number of fused-ring (bicyclic) bond motifs is 2. The summed E-state index contributed by atoms with van der Waals surface area (Å²) in [5.74, 6) is -0.438. The Morgan fingerprint density at radius 2 is 1.83 bits per heavy atom. The Morgan fingerprint density at radius 3 is 2.50 bits per heavy atom. The van der Waals surface area contributed by atoms with Gasteiger partial charge in [-0.05, 0) is 68.1 Å². The average molecular weight is 332 g/mol. The lowest BCUT2D eigenvalue weighted by atomic mass is 9.67. The summed E-state index contributed by atoms with van der Waals surface area (Å²) in [4.78, 5) is 0. The van der Waals surface area contributed by atoms with E-state index < -0.39 is 5.79 Å². The number of allylic oxidation sites excluding steroid dienone is 1. The third-order valence-electron chi connectivity index (χ3n) is 6.17. The fourth-order valence-corrected chi connectivity index (χ4v) is 4.74. The van der Waals surface area contributed by atoms with Gasteiger partial charge in [0.15, 0.2) is 5.79 Å². The molecule has 4 rings (SSSR count). The molecule has 0 amide bonds. The SMILES string of the molecule is CC1(C)OCC2(CC=C3C(=C4CCC[C@H]4O[C@@H]3C(C)(C)C)C2)CO1. The van der Waals surface area contributed by atoms with Crippen molar-refractivity contribution in [1.29, 1.82) is 0 Å². The summed E-state index contributed by atoms with van der Waals surface area (Å²) in [5, 5.41) is 0. The Hall–Kier alpha value is -0.640. The molecule has 3 heteroatoms. The van der Waals surface area contributed by atoms with Gasteiger partial charge in [-0.1, -0.05) is 26.8 Å². The Labute approximate surface area is 146 Å². The molecular formula is C21H32O3. The molecule has 2 fully saturated rings. The van der Waals surface area contributed by atoms with Crippen LogP contribution in [0, 0.1) is 10.8 Å². The summed E-state index contributed by atoms with van der Waals surface area (Å²) in [6, 6.07) is 0. The van der Waals surface area contributed by atoms with Gasteiger partial charge in [-0.25, -0.2) is 0 Å². The quantitative estimate of drug-likeness (QED) is 0.639. The van der Waals surface area contributed by atoms with E-state index in [1.165, 1.54) is 24.8 Å². The average Bonchev–Trinajstić information content (AvgIpc) is 2.98. The fourth-order valence-electron chi connectivity index (χ4n) is 4.74. The molecule has 0 aromatic heterocycles. The highest BCUT2D eigenvalue weighted by molar-refractivity contribution is 5.47. The van der Waals surface area contributed by atoms with Crippen molar-refractivity contribution in [3.8, 4) is 0 Å². The first-order valence-electron chi connectivity index (χ1n) is 9.55. The van der Waals surface area contributed by atoms with Crippen LogP contribution in [0.4, 0.5) is 0 Å². The monoisotopic (exact) mass is 332 g/mol. The minimum atomic E-state index is -0.438. The smallest absolute Gasteiger partial charge is 0.162 e. The van der Waals surface area contributed by atoms with Crippen molar-refractivity contribution in [1.82, 2.24) is 0 Å². The van der Waals surface area contributed by atoms with Crippen LogP contribution in [0.15, 0.2) is 22.8 Å². The fraction of sp³-hybridized carbons (Fsp3) is 0.810. The number of hydrogen-bond acceptors (Lipinski definition) is 3. The van der Waals surface area contributed by atoms with Gasteiger partial charge in [0.2, 0.25) is 0 Å². The second kappa shape index (κ2) is 5.43. The summed E-state index contributed by atoms with van der Waals surface area (Å²) >= 11 is 0. The first kappa shape index (κ1) is 16.8. The summed E-state index contributed by atoms with van der Waals surface area (Å²) < 4.78 is 18.6. The molecule has 1 saturated carbocycles. The van der Waals surface area contributed by atoms with Gasteiger partial charge in [-0.15, -0.1) is 0 Å². The maximum absolute atomic E-state index is 6.56. The maximum Gasteiger partial charge on any atom is 0.162 e. The predicted octanol–water partition coefficient (Wildman–Crippen LogP) is 4.77. The van der Waals surface area contributed by atoms with E-state index in [-0.39, 0.29) is 16.9 Å². The van der Waals surface area contributed by atoms with Gasteiger partial charge in [0, 0.05) is 5.41 Å². The molecule has 2 aliphatic heterocycles. The Balaban J connectivity index is 1.69. The third-order valence-corrected chi connectivity index (χ3v) is 6.17. The molecular weight excluding hydrogens is 300 g/mol.